The summed E-state index contributed by atoms with van der Waals surface area (Å²) in [6.45, 7) is 6.13. The quantitative estimate of drug-likeness (QED) is 0.414. The van der Waals surface area contributed by atoms with Crippen molar-refractivity contribution in [3.63, 3.8) is 0 Å². The number of nitrogens with zero attached hydrogens (tertiary/aromatic N) is 2. The van der Waals surface area contributed by atoms with Crippen LogP contribution in [0.3, 0.4) is 0 Å². The van der Waals surface area contributed by atoms with Crippen LogP contribution in [-0.2, 0) is 0 Å². The molecule has 0 spiro atoms. The average molecular weight is 408 g/mol. The number of aliphatic imine (C=N–C) groups is 1. The summed E-state index contributed by atoms with van der Waals surface area (Å²) in [7, 11) is 5.88. The molecule has 1 aromatic rings. The minimum atomic E-state index is 0. The van der Waals surface area contributed by atoms with Crippen LogP contribution in [0.4, 0.5) is 0 Å². The Balaban J connectivity index is 0.00000400. The molecule has 6 heteroatoms. The number of rotatable bonds is 7. The Labute approximate surface area is 145 Å². The molecule has 5 nitrogen and oxygen atoms in total. The fourth-order valence-corrected chi connectivity index (χ4v) is 1.91. The highest BCUT2D eigenvalue weighted by molar-refractivity contribution is 14.0. The molecule has 0 aliphatic heterocycles. The Kier molecular flexibility index (Phi) is 10.5. The molecule has 1 heterocycles. The van der Waals surface area contributed by atoms with Crippen LogP contribution in [0.1, 0.15) is 32.1 Å². The summed E-state index contributed by atoms with van der Waals surface area (Å²) in [5.74, 6) is 2.49. The normalized spacial score (nSPS) is 13.2. The molecule has 122 valence electrons. The lowest BCUT2D eigenvalue weighted by molar-refractivity contribution is 0.258. The van der Waals surface area contributed by atoms with Crippen LogP contribution in [-0.4, -0.2) is 45.1 Å². The van der Waals surface area contributed by atoms with E-state index in [1.165, 1.54) is 0 Å². The van der Waals surface area contributed by atoms with Gasteiger partial charge in [-0.3, -0.25) is 9.89 Å². The van der Waals surface area contributed by atoms with Gasteiger partial charge < -0.3 is 15.1 Å². The molecule has 0 aliphatic carbocycles. The third-order valence-electron chi connectivity index (χ3n) is 3.20. The van der Waals surface area contributed by atoms with Crippen LogP contribution in [0.25, 0.3) is 0 Å². The Bertz CT molecular complexity index is 390. The van der Waals surface area contributed by atoms with Gasteiger partial charge >= 0.3 is 0 Å². The second-order valence-corrected chi connectivity index (χ2v) is 5.56. The summed E-state index contributed by atoms with van der Waals surface area (Å²) in [6, 6.07) is 4.11. The van der Waals surface area contributed by atoms with E-state index in [0.717, 1.165) is 31.2 Å². The summed E-state index contributed by atoms with van der Waals surface area (Å²) < 4.78 is 5.49. The number of hydrogen-bond acceptors (Lipinski definition) is 3. The van der Waals surface area contributed by atoms with Crippen molar-refractivity contribution >= 4 is 29.9 Å². The molecule has 0 fully saturated rings. The van der Waals surface area contributed by atoms with Gasteiger partial charge in [0.15, 0.2) is 5.96 Å². The van der Waals surface area contributed by atoms with E-state index in [-0.39, 0.29) is 30.0 Å². The van der Waals surface area contributed by atoms with E-state index in [1.54, 1.807) is 13.3 Å². The maximum Gasteiger partial charge on any atom is 0.191 e. The summed E-state index contributed by atoms with van der Waals surface area (Å²) in [6.07, 6.45) is 2.84. The summed E-state index contributed by atoms with van der Waals surface area (Å²) in [5.41, 5.74) is 0. The lowest BCUT2D eigenvalue weighted by Gasteiger charge is -2.23. The third-order valence-corrected chi connectivity index (χ3v) is 3.20. The van der Waals surface area contributed by atoms with Gasteiger partial charge in [0.2, 0.25) is 0 Å². The van der Waals surface area contributed by atoms with E-state index >= 15 is 0 Å². The first kappa shape index (κ1) is 20.2. The molecular weight excluding hydrogens is 379 g/mol. The fourth-order valence-electron chi connectivity index (χ4n) is 1.91. The fraction of sp³-hybridized carbons (Fsp3) is 0.667. The standard InChI is InChI=1S/C15H28N4O.HI/c1-12(2)8-9-17-15(16-3)18-11-13(19(4)5)14-7-6-10-20-14;/h6-7,10,12-13H,8-9,11H2,1-5H3,(H2,16,17,18);1H. The number of halogens is 1. The van der Waals surface area contributed by atoms with Crippen molar-refractivity contribution in [3.05, 3.63) is 24.2 Å². The molecule has 21 heavy (non-hydrogen) atoms. The second kappa shape index (κ2) is 10.9. The highest BCUT2D eigenvalue weighted by Gasteiger charge is 2.17. The number of likely N-dealkylation sites (N-methyl/N-ethyl adjacent to an activating group) is 1. The number of hydrogen-bond donors (Lipinski definition) is 2. The lowest BCUT2D eigenvalue weighted by Crippen LogP contribution is -2.42. The first-order valence-electron chi connectivity index (χ1n) is 7.19. The molecule has 0 bridgehead atoms. The van der Waals surface area contributed by atoms with E-state index in [0.29, 0.717) is 5.92 Å². The van der Waals surface area contributed by atoms with Crippen molar-refractivity contribution in [1.29, 1.82) is 0 Å². The highest BCUT2D eigenvalue weighted by Crippen LogP contribution is 2.17. The first-order chi connectivity index (χ1) is 9.54. The van der Waals surface area contributed by atoms with Gasteiger partial charge in [0, 0.05) is 20.1 Å². The van der Waals surface area contributed by atoms with E-state index in [9.17, 15) is 0 Å². The zero-order chi connectivity index (χ0) is 15.0. The molecule has 2 N–H and O–H groups in total. The van der Waals surface area contributed by atoms with Crippen LogP contribution in [0.2, 0.25) is 0 Å². The van der Waals surface area contributed by atoms with Crippen LogP contribution < -0.4 is 10.6 Å². The maximum absolute atomic E-state index is 5.49. The molecule has 0 amide bonds. The molecule has 0 saturated carbocycles. The van der Waals surface area contributed by atoms with E-state index in [4.69, 9.17) is 4.42 Å². The molecule has 0 saturated heterocycles. The van der Waals surface area contributed by atoms with Gasteiger partial charge in [0.1, 0.15) is 5.76 Å². The van der Waals surface area contributed by atoms with E-state index in [1.807, 2.05) is 26.2 Å². The molecule has 1 aromatic heterocycles. The van der Waals surface area contributed by atoms with Gasteiger partial charge in [-0.15, -0.1) is 24.0 Å². The van der Waals surface area contributed by atoms with Gasteiger partial charge in [0.25, 0.3) is 0 Å². The Hall–Kier alpha value is -0.760. The summed E-state index contributed by atoms with van der Waals surface area (Å²) in [5, 5.41) is 6.68. The SMILES string of the molecule is CN=C(NCCC(C)C)NCC(c1ccco1)N(C)C.I. The lowest BCUT2D eigenvalue weighted by atomic mass is 10.1. The van der Waals surface area contributed by atoms with Crippen molar-refractivity contribution in [1.82, 2.24) is 15.5 Å². The second-order valence-electron chi connectivity index (χ2n) is 5.56. The van der Waals surface area contributed by atoms with E-state index in [2.05, 4.69) is 34.4 Å². The van der Waals surface area contributed by atoms with Crippen molar-refractivity contribution in [2.75, 3.05) is 34.2 Å². The van der Waals surface area contributed by atoms with Crippen molar-refractivity contribution in [2.24, 2.45) is 10.9 Å². The predicted molar refractivity (Wildman–Crippen MR) is 99.4 cm³/mol. The maximum atomic E-state index is 5.49. The summed E-state index contributed by atoms with van der Waals surface area (Å²) in [4.78, 5) is 6.37. The Morgan fingerprint density at radius 1 is 1.33 bits per heavy atom. The van der Waals surface area contributed by atoms with Gasteiger partial charge in [0.05, 0.1) is 12.3 Å². The highest BCUT2D eigenvalue weighted by atomic mass is 127. The average Bonchev–Trinajstić information content (AvgIpc) is 2.90. The topological polar surface area (TPSA) is 52.8 Å². The summed E-state index contributed by atoms with van der Waals surface area (Å²) >= 11 is 0. The van der Waals surface area contributed by atoms with Crippen molar-refractivity contribution < 1.29 is 4.42 Å². The molecule has 1 atom stereocenters. The molecule has 0 aliphatic rings. The molecule has 0 radical (unpaired) electrons. The molecule has 1 rings (SSSR count). The van der Waals surface area contributed by atoms with Crippen molar-refractivity contribution in [2.45, 2.75) is 26.3 Å². The minimum Gasteiger partial charge on any atom is -0.468 e. The van der Waals surface area contributed by atoms with E-state index < -0.39 is 0 Å². The van der Waals surface area contributed by atoms with Crippen LogP contribution >= 0.6 is 24.0 Å². The molecule has 1 unspecified atom stereocenters. The van der Waals surface area contributed by atoms with Gasteiger partial charge in [-0.2, -0.15) is 0 Å². The van der Waals surface area contributed by atoms with Gasteiger partial charge in [-0.25, -0.2) is 0 Å². The monoisotopic (exact) mass is 408 g/mol. The third kappa shape index (κ3) is 7.71. The smallest absolute Gasteiger partial charge is 0.191 e. The van der Waals surface area contributed by atoms with Crippen LogP contribution in [0.15, 0.2) is 27.8 Å². The van der Waals surface area contributed by atoms with Crippen LogP contribution in [0.5, 0.6) is 0 Å². The zero-order valence-electron chi connectivity index (χ0n) is 13.7. The largest absolute Gasteiger partial charge is 0.468 e. The Morgan fingerprint density at radius 2 is 2.05 bits per heavy atom. The predicted octanol–water partition coefficient (Wildman–Crippen LogP) is 2.71. The molecular formula is C15H29IN4O. The zero-order valence-corrected chi connectivity index (χ0v) is 16.0. The Morgan fingerprint density at radius 3 is 2.52 bits per heavy atom. The minimum absolute atomic E-state index is 0. The van der Waals surface area contributed by atoms with Gasteiger partial charge in [-0.1, -0.05) is 13.8 Å². The number of furan rings is 1. The van der Waals surface area contributed by atoms with Crippen molar-refractivity contribution in [3.8, 4) is 0 Å². The number of nitrogens with one attached hydrogen (secondary N) is 2. The number of guanidine groups is 1. The first-order valence-corrected chi connectivity index (χ1v) is 7.19. The van der Waals surface area contributed by atoms with Crippen LogP contribution in [0, 0.1) is 5.92 Å². The molecule has 0 aromatic carbocycles. The van der Waals surface area contributed by atoms with Gasteiger partial charge in [-0.05, 0) is 38.6 Å².